The second-order valence-corrected chi connectivity index (χ2v) is 10.6. The van der Waals surface area contributed by atoms with Gasteiger partial charge in [-0.3, -0.25) is 0 Å². The van der Waals surface area contributed by atoms with Gasteiger partial charge < -0.3 is 9.47 Å². The maximum absolute atomic E-state index is 12.4. The summed E-state index contributed by atoms with van der Waals surface area (Å²) in [6, 6.07) is 12.1. The van der Waals surface area contributed by atoms with E-state index < -0.39 is 30.5 Å². The highest BCUT2D eigenvalue weighted by Crippen LogP contribution is 2.24. The van der Waals surface area contributed by atoms with Crippen molar-refractivity contribution in [1.82, 2.24) is 4.13 Å². The SMILES string of the molecule is CCC(C)c1ccc(OCCCOc2ccc(S(=O)(=O)NS(=O)(=O)C(F)(F)F)cc2)cc1. The van der Waals surface area contributed by atoms with E-state index in [1.165, 1.54) is 17.7 Å². The van der Waals surface area contributed by atoms with Crippen LogP contribution in [0.15, 0.2) is 53.4 Å². The molecule has 0 aliphatic rings. The van der Waals surface area contributed by atoms with Crippen LogP contribution in [0.4, 0.5) is 13.2 Å². The Hall–Kier alpha value is -2.31. The summed E-state index contributed by atoms with van der Waals surface area (Å²) in [6.45, 7) is 4.90. The van der Waals surface area contributed by atoms with Crippen molar-refractivity contribution in [3.8, 4) is 11.5 Å². The van der Waals surface area contributed by atoms with Gasteiger partial charge in [0.25, 0.3) is 10.0 Å². The van der Waals surface area contributed by atoms with Crippen molar-refractivity contribution in [2.75, 3.05) is 13.2 Å². The number of benzene rings is 2. The highest BCUT2D eigenvalue weighted by Gasteiger charge is 2.48. The summed E-state index contributed by atoms with van der Waals surface area (Å²) in [5.41, 5.74) is -4.51. The van der Waals surface area contributed by atoms with E-state index in [-0.39, 0.29) is 12.4 Å². The van der Waals surface area contributed by atoms with Crippen LogP contribution in [0.1, 0.15) is 38.2 Å². The predicted molar refractivity (Wildman–Crippen MR) is 112 cm³/mol. The molecule has 12 heteroatoms. The molecular weight excluding hydrogens is 471 g/mol. The van der Waals surface area contributed by atoms with E-state index in [2.05, 4.69) is 13.8 Å². The molecule has 0 saturated heterocycles. The third-order valence-corrected chi connectivity index (χ3v) is 7.80. The molecular formula is C20H24F3NO6S2. The number of hydrogen-bond donors (Lipinski definition) is 1. The van der Waals surface area contributed by atoms with Gasteiger partial charge >= 0.3 is 15.5 Å². The van der Waals surface area contributed by atoms with Gasteiger partial charge in [-0.1, -0.05) is 30.1 Å². The van der Waals surface area contributed by atoms with Crippen molar-refractivity contribution in [2.45, 2.75) is 43.0 Å². The van der Waals surface area contributed by atoms with Crippen LogP contribution in [0.25, 0.3) is 0 Å². The molecule has 1 unspecified atom stereocenters. The average Bonchev–Trinajstić information content (AvgIpc) is 2.72. The van der Waals surface area contributed by atoms with Crippen molar-refractivity contribution >= 4 is 20.0 Å². The van der Waals surface area contributed by atoms with Gasteiger partial charge in [-0.05, 0) is 54.3 Å². The Bertz CT molecular complexity index is 1080. The van der Waals surface area contributed by atoms with Crippen molar-refractivity contribution in [2.24, 2.45) is 0 Å². The summed E-state index contributed by atoms with van der Waals surface area (Å²) in [6.07, 6.45) is 1.58. The number of hydrogen-bond acceptors (Lipinski definition) is 6. The van der Waals surface area contributed by atoms with Crippen LogP contribution in [0.3, 0.4) is 0 Å². The Morgan fingerprint density at radius 3 is 1.78 bits per heavy atom. The largest absolute Gasteiger partial charge is 0.512 e. The summed E-state index contributed by atoms with van der Waals surface area (Å²) in [4.78, 5) is -0.651. The van der Waals surface area contributed by atoms with Crippen LogP contribution in [-0.2, 0) is 20.0 Å². The van der Waals surface area contributed by atoms with Gasteiger partial charge in [-0.15, -0.1) is 0 Å². The first kappa shape index (κ1) is 25.9. The predicted octanol–water partition coefficient (Wildman–Crippen LogP) is 4.18. The van der Waals surface area contributed by atoms with Crippen LogP contribution in [0, 0.1) is 0 Å². The third-order valence-electron chi connectivity index (χ3n) is 4.55. The molecule has 0 spiro atoms. The zero-order valence-corrected chi connectivity index (χ0v) is 19.1. The third kappa shape index (κ3) is 7.10. The van der Waals surface area contributed by atoms with Crippen molar-refractivity contribution in [1.29, 1.82) is 0 Å². The first-order chi connectivity index (χ1) is 14.9. The van der Waals surface area contributed by atoms with E-state index in [9.17, 15) is 30.0 Å². The Kier molecular flexibility index (Phi) is 8.54. The van der Waals surface area contributed by atoms with Gasteiger partial charge in [0, 0.05) is 6.42 Å². The van der Waals surface area contributed by atoms with E-state index in [1.807, 2.05) is 24.3 Å². The highest BCUT2D eigenvalue weighted by atomic mass is 32.3. The molecule has 2 aromatic carbocycles. The molecule has 0 amide bonds. The zero-order chi connectivity index (χ0) is 24.0. The van der Waals surface area contributed by atoms with Gasteiger partial charge in [0.15, 0.2) is 0 Å². The Morgan fingerprint density at radius 2 is 1.34 bits per heavy atom. The molecule has 1 atom stereocenters. The first-order valence-electron chi connectivity index (χ1n) is 9.66. The Labute approximate surface area is 185 Å². The lowest BCUT2D eigenvalue weighted by Crippen LogP contribution is -2.40. The number of nitrogens with one attached hydrogen (secondary N) is 1. The van der Waals surface area contributed by atoms with Crippen LogP contribution in [0.5, 0.6) is 11.5 Å². The minimum atomic E-state index is -6.05. The summed E-state index contributed by atoms with van der Waals surface area (Å²) in [5, 5.41) is 0. The number of ether oxygens (including phenoxy) is 2. The molecule has 0 bridgehead atoms. The fourth-order valence-electron chi connectivity index (χ4n) is 2.52. The summed E-state index contributed by atoms with van der Waals surface area (Å²) in [7, 11) is -11.0. The quantitative estimate of drug-likeness (QED) is 0.470. The molecule has 0 aliphatic heterocycles. The molecule has 0 aromatic heterocycles. The van der Waals surface area contributed by atoms with E-state index >= 15 is 0 Å². The van der Waals surface area contributed by atoms with Crippen LogP contribution in [0.2, 0.25) is 0 Å². The summed E-state index contributed by atoms with van der Waals surface area (Å²) >= 11 is 0. The first-order valence-corrected chi connectivity index (χ1v) is 12.6. The lowest BCUT2D eigenvalue weighted by Gasteiger charge is -2.12. The summed E-state index contributed by atoms with van der Waals surface area (Å²) < 4.78 is 94.6. The smallest absolute Gasteiger partial charge is 0.493 e. The highest BCUT2D eigenvalue weighted by molar-refractivity contribution is 8.05. The minimum Gasteiger partial charge on any atom is -0.493 e. The summed E-state index contributed by atoms with van der Waals surface area (Å²) in [5.74, 6) is 1.47. The minimum absolute atomic E-state index is 0.248. The van der Waals surface area contributed by atoms with Gasteiger partial charge in [-0.2, -0.15) is 13.2 Å². The van der Waals surface area contributed by atoms with E-state index in [0.29, 0.717) is 23.1 Å². The van der Waals surface area contributed by atoms with E-state index in [4.69, 9.17) is 9.47 Å². The van der Waals surface area contributed by atoms with E-state index in [0.717, 1.165) is 24.3 Å². The molecule has 7 nitrogen and oxygen atoms in total. The molecule has 0 saturated carbocycles. The molecule has 1 N–H and O–H groups in total. The van der Waals surface area contributed by atoms with Gasteiger partial charge in [0.1, 0.15) is 11.5 Å². The molecule has 0 fully saturated rings. The molecule has 32 heavy (non-hydrogen) atoms. The van der Waals surface area contributed by atoms with Crippen LogP contribution < -0.4 is 13.6 Å². The maximum atomic E-state index is 12.4. The normalized spacial score (nSPS) is 13.5. The average molecular weight is 496 g/mol. The van der Waals surface area contributed by atoms with Gasteiger partial charge in [0.05, 0.1) is 18.1 Å². The molecule has 2 aromatic rings. The topological polar surface area (TPSA) is 98.8 Å². The van der Waals surface area contributed by atoms with Gasteiger partial charge in [0.2, 0.25) is 0 Å². The van der Waals surface area contributed by atoms with Crippen LogP contribution in [-0.4, -0.2) is 35.6 Å². The lowest BCUT2D eigenvalue weighted by atomic mass is 9.99. The molecule has 0 heterocycles. The Balaban J connectivity index is 1.82. The zero-order valence-electron chi connectivity index (χ0n) is 17.4. The number of rotatable bonds is 11. The number of sulfonamides is 2. The lowest BCUT2D eigenvalue weighted by molar-refractivity contribution is -0.0441. The van der Waals surface area contributed by atoms with E-state index in [1.54, 1.807) is 0 Å². The number of alkyl halides is 3. The Morgan fingerprint density at radius 1 is 0.875 bits per heavy atom. The van der Waals surface area contributed by atoms with Crippen LogP contribution >= 0.6 is 0 Å². The van der Waals surface area contributed by atoms with Crippen molar-refractivity contribution < 1.29 is 39.5 Å². The molecule has 0 radical (unpaired) electrons. The monoisotopic (exact) mass is 495 g/mol. The second kappa shape index (κ2) is 10.5. The van der Waals surface area contributed by atoms with Crippen molar-refractivity contribution in [3.63, 3.8) is 0 Å². The fraction of sp³-hybridized carbons (Fsp3) is 0.400. The molecule has 2 rings (SSSR count). The molecule has 0 aliphatic carbocycles. The number of halogens is 3. The maximum Gasteiger partial charge on any atom is 0.512 e. The fourth-order valence-corrected chi connectivity index (χ4v) is 4.93. The van der Waals surface area contributed by atoms with Crippen molar-refractivity contribution in [3.05, 3.63) is 54.1 Å². The standard InChI is InChI=1S/C20H24F3NO6S2/c1-3-15(2)16-5-7-17(8-6-16)29-13-4-14-30-18-9-11-19(12-10-18)31(25,26)24-32(27,28)20(21,22)23/h5-12,15,24H,3-4,13-14H2,1-2H3. The molecule has 178 valence electrons. The van der Waals surface area contributed by atoms with Gasteiger partial charge in [-0.25, -0.2) is 16.8 Å². The second-order valence-electron chi connectivity index (χ2n) is 6.94.